The minimum absolute atomic E-state index is 0.135. The van der Waals surface area contributed by atoms with Crippen LogP contribution in [-0.2, 0) is 11.3 Å². The fourth-order valence-electron chi connectivity index (χ4n) is 4.54. The highest BCUT2D eigenvalue weighted by Gasteiger charge is 2.38. The maximum atomic E-state index is 6.03. The molecule has 1 aromatic heterocycles. The molecule has 1 saturated heterocycles. The van der Waals surface area contributed by atoms with Crippen LogP contribution in [0, 0.1) is 11.8 Å². The SMILES string of the molecule is CCn1ccnc1[C@H]1OCC[C@@H]1NC1CCCC(C2CC2)C1. The van der Waals surface area contributed by atoms with Crippen molar-refractivity contribution in [1.82, 2.24) is 14.9 Å². The van der Waals surface area contributed by atoms with Crippen LogP contribution in [-0.4, -0.2) is 28.2 Å². The molecule has 0 aromatic carbocycles. The summed E-state index contributed by atoms with van der Waals surface area (Å²) < 4.78 is 8.26. The van der Waals surface area contributed by atoms with Gasteiger partial charge >= 0.3 is 0 Å². The van der Waals surface area contributed by atoms with Crippen LogP contribution in [0.15, 0.2) is 12.4 Å². The third kappa shape index (κ3) is 2.95. The van der Waals surface area contributed by atoms with Gasteiger partial charge in [-0.2, -0.15) is 0 Å². The van der Waals surface area contributed by atoms with Gasteiger partial charge in [0.1, 0.15) is 11.9 Å². The molecule has 2 heterocycles. The molecule has 0 amide bonds. The Balaban J connectivity index is 1.40. The average molecular weight is 303 g/mol. The van der Waals surface area contributed by atoms with Crippen LogP contribution in [0.4, 0.5) is 0 Å². The number of hydrogen-bond donors (Lipinski definition) is 1. The van der Waals surface area contributed by atoms with Gasteiger partial charge < -0.3 is 14.6 Å². The predicted octanol–water partition coefficient (Wildman–Crippen LogP) is 3.29. The van der Waals surface area contributed by atoms with E-state index in [9.17, 15) is 0 Å². The van der Waals surface area contributed by atoms with Gasteiger partial charge in [-0.1, -0.05) is 12.8 Å². The standard InChI is InChI=1S/C18H29N3O/c1-2-21-10-9-19-18(21)17-16(8-11-22-17)20-15-5-3-4-14(12-15)13-6-7-13/h9-10,13-17,20H,2-8,11-12H2,1H3/t14?,15?,16-,17-/m0/s1. The number of hydrogen-bond acceptors (Lipinski definition) is 3. The normalized spacial score (nSPS) is 35.9. The minimum Gasteiger partial charge on any atom is -0.369 e. The van der Waals surface area contributed by atoms with Crippen LogP contribution in [0.25, 0.3) is 0 Å². The van der Waals surface area contributed by atoms with Gasteiger partial charge in [-0.25, -0.2) is 4.98 Å². The van der Waals surface area contributed by atoms with Gasteiger partial charge in [0.15, 0.2) is 0 Å². The topological polar surface area (TPSA) is 39.1 Å². The molecule has 4 heteroatoms. The first-order valence-corrected chi connectivity index (χ1v) is 9.24. The highest BCUT2D eigenvalue weighted by atomic mass is 16.5. The van der Waals surface area contributed by atoms with Crippen molar-refractivity contribution in [2.24, 2.45) is 11.8 Å². The van der Waals surface area contributed by atoms with Crippen LogP contribution in [0.1, 0.15) is 63.8 Å². The van der Waals surface area contributed by atoms with Crippen molar-refractivity contribution in [3.8, 4) is 0 Å². The molecule has 0 radical (unpaired) electrons. The van der Waals surface area contributed by atoms with E-state index in [4.69, 9.17) is 4.74 Å². The van der Waals surface area contributed by atoms with E-state index in [2.05, 4.69) is 28.0 Å². The molecule has 1 aromatic rings. The van der Waals surface area contributed by atoms with Crippen molar-refractivity contribution in [3.05, 3.63) is 18.2 Å². The molecule has 3 fully saturated rings. The Morgan fingerprint density at radius 3 is 2.95 bits per heavy atom. The van der Waals surface area contributed by atoms with Gasteiger partial charge in [0, 0.05) is 37.6 Å². The first kappa shape index (κ1) is 14.7. The first-order chi connectivity index (χ1) is 10.8. The third-order valence-electron chi connectivity index (χ3n) is 5.89. The van der Waals surface area contributed by atoms with Crippen LogP contribution in [0.3, 0.4) is 0 Å². The average Bonchev–Trinajstić information content (AvgIpc) is 3.12. The molecule has 0 spiro atoms. The number of ether oxygens (including phenoxy) is 1. The molecule has 4 rings (SSSR count). The summed E-state index contributed by atoms with van der Waals surface area (Å²) in [5.74, 6) is 3.15. The van der Waals surface area contributed by atoms with Crippen LogP contribution in [0.5, 0.6) is 0 Å². The fourth-order valence-corrected chi connectivity index (χ4v) is 4.54. The second kappa shape index (κ2) is 6.32. The molecule has 1 N–H and O–H groups in total. The maximum Gasteiger partial charge on any atom is 0.139 e. The molecule has 2 saturated carbocycles. The minimum atomic E-state index is 0.135. The third-order valence-corrected chi connectivity index (χ3v) is 5.89. The first-order valence-electron chi connectivity index (χ1n) is 9.24. The van der Waals surface area contributed by atoms with Crippen LogP contribution in [0.2, 0.25) is 0 Å². The highest BCUT2D eigenvalue weighted by Crippen LogP contribution is 2.44. The summed E-state index contributed by atoms with van der Waals surface area (Å²) >= 11 is 0. The Kier molecular flexibility index (Phi) is 4.23. The Hall–Kier alpha value is -0.870. The number of aryl methyl sites for hydroxylation is 1. The Bertz CT molecular complexity index is 496. The second-order valence-corrected chi connectivity index (χ2v) is 7.39. The Morgan fingerprint density at radius 2 is 2.14 bits per heavy atom. The lowest BCUT2D eigenvalue weighted by molar-refractivity contribution is 0.0836. The van der Waals surface area contributed by atoms with E-state index < -0.39 is 0 Å². The van der Waals surface area contributed by atoms with Crippen LogP contribution >= 0.6 is 0 Å². The largest absolute Gasteiger partial charge is 0.369 e. The number of nitrogens with one attached hydrogen (secondary N) is 1. The zero-order chi connectivity index (χ0) is 14.9. The zero-order valence-electron chi connectivity index (χ0n) is 13.7. The lowest BCUT2D eigenvalue weighted by Gasteiger charge is -2.33. The number of aromatic nitrogens is 2. The number of rotatable bonds is 5. The van der Waals surface area contributed by atoms with Crippen molar-refractivity contribution < 1.29 is 4.74 Å². The van der Waals surface area contributed by atoms with Gasteiger partial charge in [-0.05, 0) is 50.9 Å². The summed E-state index contributed by atoms with van der Waals surface area (Å²) in [6, 6.07) is 1.13. The van der Waals surface area contributed by atoms with Crippen molar-refractivity contribution in [3.63, 3.8) is 0 Å². The predicted molar refractivity (Wildman–Crippen MR) is 86.6 cm³/mol. The Labute approximate surface area is 133 Å². The van der Waals surface area contributed by atoms with Gasteiger partial charge in [0.2, 0.25) is 0 Å². The van der Waals surface area contributed by atoms with Crippen molar-refractivity contribution in [2.45, 2.75) is 76.6 Å². The molecule has 2 aliphatic carbocycles. The van der Waals surface area contributed by atoms with E-state index in [1.165, 1.54) is 38.5 Å². The molecular weight excluding hydrogens is 274 g/mol. The second-order valence-electron chi connectivity index (χ2n) is 7.39. The molecular formula is C18H29N3O. The summed E-state index contributed by atoms with van der Waals surface area (Å²) in [7, 11) is 0. The fraction of sp³-hybridized carbons (Fsp3) is 0.833. The summed E-state index contributed by atoms with van der Waals surface area (Å²) in [5, 5.41) is 3.94. The molecule has 4 nitrogen and oxygen atoms in total. The molecule has 122 valence electrons. The van der Waals surface area contributed by atoms with Crippen molar-refractivity contribution in [1.29, 1.82) is 0 Å². The van der Waals surface area contributed by atoms with E-state index in [0.717, 1.165) is 37.2 Å². The van der Waals surface area contributed by atoms with Gasteiger partial charge in [0.05, 0.1) is 0 Å². The van der Waals surface area contributed by atoms with Crippen molar-refractivity contribution in [2.75, 3.05) is 6.61 Å². The molecule has 22 heavy (non-hydrogen) atoms. The number of imidazole rings is 1. The van der Waals surface area contributed by atoms with Crippen LogP contribution < -0.4 is 5.32 Å². The molecule has 1 aliphatic heterocycles. The monoisotopic (exact) mass is 303 g/mol. The lowest BCUT2D eigenvalue weighted by Crippen LogP contribution is -2.43. The quantitative estimate of drug-likeness (QED) is 0.907. The van der Waals surface area contributed by atoms with Gasteiger partial charge in [-0.3, -0.25) is 0 Å². The molecule has 3 aliphatic rings. The van der Waals surface area contributed by atoms with E-state index in [1.54, 1.807) is 0 Å². The summed E-state index contributed by atoms with van der Waals surface area (Å²) in [5.41, 5.74) is 0. The molecule has 2 unspecified atom stereocenters. The maximum absolute atomic E-state index is 6.03. The lowest BCUT2D eigenvalue weighted by atomic mass is 9.82. The van der Waals surface area contributed by atoms with E-state index in [0.29, 0.717) is 12.1 Å². The highest BCUT2D eigenvalue weighted by molar-refractivity contribution is 5.04. The van der Waals surface area contributed by atoms with Crippen molar-refractivity contribution >= 4 is 0 Å². The Morgan fingerprint density at radius 1 is 1.23 bits per heavy atom. The zero-order valence-corrected chi connectivity index (χ0v) is 13.7. The van der Waals surface area contributed by atoms with E-state index >= 15 is 0 Å². The molecule has 0 bridgehead atoms. The summed E-state index contributed by atoms with van der Waals surface area (Å²) in [6.45, 7) is 4.00. The van der Waals surface area contributed by atoms with Gasteiger partial charge in [-0.15, -0.1) is 0 Å². The van der Waals surface area contributed by atoms with E-state index in [-0.39, 0.29) is 6.10 Å². The molecule has 4 atom stereocenters. The number of nitrogens with zero attached hydrogens (tertiary/aromatic N) is 2. The summed E-state index contributed by atoms with van der Waals surface area (Å²) in [4.78, 5) is 4.56. The smallest absolute Gasteiger partial charge is 0.139 e. The summed E-state index contributed by atoms with van der Waals surface area (Å²) in [6.07, 6.45) is 13.8. The van der Waals surface area contributed by atoms with E-state index in [1.807, 2.05) is 6.20 Å². The van der Waals surface area contributed by atoms with Gasteiger partial charge in [0.25, 0.3) is 0 Å².